The van der Waals surface area contributed by atoms with Crippen molar-refractivity contribution in [3.8, 4) is 17.2 Å². The lowest BCUT2D eigenvalue weighted by atomic mass is 10.1. The van der Waals surface area contributed by atoms with E-state index >= 15 is 0 Å². The van der Waals surface area contributed by atoms with Gasteiger partial charge < -0.3 is 31.6 Å². The third kappa shape index (κ3) is 2.93. The summed E-state index contributed by atoms with van der Waals surface area (Å²) in [6, 6.07) is 5.07. The van der Waals surface area contributed by atoms with Crippen molar-refractivity contribution >= 4 is 16.3 Å². The summed E-state index contributed by atoms with van der Waals surface area (Å²) in [5, 5.41) is 10.9. The molecule has 0 fully saturated rings. The first-order chi connectivity index (χ1) is 10.8. The smallest absolute Gasteiger partial charge is 0.416 e. The first kappa shape index (κ1) is 18.1. The Labute approximate surface area is 145 Å². The second-order valence-electron chi connectivity index (χ2n) is 4.97. The van der Waals surface area contributed by atoms with Gasteiger partial charge in [0, 0.05) is 17.5 Å². The number of benzene rings is 1. The molecule has 0 radical (unpaired) electrons. The predicted octanol–water partition coefficient (Wildman–Crippen LogP) is 0.324. The first-order valence-corrected chi connectivity index (χ1v) is 6.65. The summed E-state index contributed by atoms with van der Waals surface area (Å²) < 4.78 is 50.7. The van der Waals surface area contributed by atoms with Gasteiger partial charge in [-0.3, -0.25) is 0 Å². The van der Waals surface area contributed by atoms with Gasteiger partial charge in [-0.05, 0) is 12.1 Å². The molecule has 24 heavy (non-hydrogen) atoms. The highest BCUT2D eigenvalue weighted by molar-refractivity contribution is 5.99. The van der Waals surface area contributed by atoms with E-state index in [1.165, 1.54) is 37.1 Å². The fourth-order valence-electron chi connectivity index (χ4n) is 2.52. The van der Waals surface area contributed by atoms with Crippen LogP contribution in [0.1, 0.15) is 5.56 Å². The van der Waals surface area contributed by atoms with Crippen molar-refractivity contribution in [2.75, 3.05) is 14.2 Å². The van der Waals surface area contributed by atoms with Gasteiger partial charge in [-0.2, -0.15) is 17.6 Å². The van der Waals surface area contributed by atoms with Gasteiger partial charge in [0.25, 0.3) is 0 Å². The molecule has 3 aromatic rings. The minimum atomic E-state index is -4.45. The number of fused-ring (bicyclic) bond motifs is 3. The zero-order valence-electron chi connectivity index (χ0n) is 12.7. The van der Waals surface area contributed by atoms with Crippen LogP contribution < -0.4 is 30.9 Å². The van der Waals surface area contributed by atoms with Crippen LogP contribution >= 0.6 is 0 Å². The molecule has 0 spiro atoms. The topological polar surface area (TPSA) is 42.8 Å². The molecule has 0 aliphatic carbocycles. The third-order valence-corrected chi connectivity index (χ3v) is 3.65. The lowest BCUT2D eigenvalue weighted by molar-refractivity contribution is -0.511. The number of halogens is 4. The van der Waals surface area contributed by atoms with Gasteiger partial charge >= 0.3 is 6.18 Å². The monoisotopic (exact) mass is 403 g/mol. The van der Waals surface area contributed by atoms with Crippen LogP contribution in [0.3, 0.4) is 0 Å². The Bertz CT molecular complexity index is 913. The Morgan fingerprint density at radius 1 is 1.00 bits per heavy atom. The Kier molecular flexibility index (Phi) is 4.80. The Morgan fingerprint density at radius 3 is 2.12 bits per heavy atom. The van der Waals surface area contributed by atoms with Crippen LogP contribution in [0.2, 0.25) is 0 Å². The lowest BCUT2D eigenvalue weighted by Crippen LogP contribution is -3.00. The fraction of sp³-hybridized carbons (Fsp3) is 0.188. The molecule has 0 saturated heterocycles. The Morgan fingerprint density at radius 2 is 1.58 bits per heavy atom. The molecule has 0 bridgehead atoms. The minimum Gasteiger partial charge on any atom is -1.00 e. The second kappa shape index (κ2) is 6.35. The van der Waals surface area contributed by atoms with Crippen LogP contribution in [0, 0.1) is 0 Å². The van der Waals surface area contributed by atoms with E-state index in [0.717, 1.165) is 12.1 Å². The van der Waals surface area contributed by atoms with Gasteiger partial charge in [0.15, 0.2) is 23.4 Å². The second-order valence-corrected chi connectivity index (χ2v) is 4.97. The number of alkyl halides is 3. The van der Waals surface area contributed by atoms with Gasteiger partial charge in [-0.25, -0.2) is 0 Å². The summed E-state index contributed by atoms with van der Waals surface area (Å²) in [4.78, 5) is 0. The minimum absolute atomic E-state index is 0. The van der Waals surface area contributed by atoms with Crippen molar-refractivity contribution in [1.82, 2.24) is 0 Å². The summed E-state index contributed by atoms with van der Waals surface area (Å²) in [7, 11) is 2.88. The van der Waals surface area contributed by atoms with E-state index in [2.05, 4.69) is 0 Å². The molecule has 0 aliphatic rings. The van der Waals surface area contributed by atoms with Crippen molar-refractivity contribution in [3.05, 3.63) is 42.2 Å². The van der Waals surface area contributed by atoms with E-state index in [1.807, 2.05) is 0 Å². The number of hydrogen-bond donors (Lipinski definition) is 1. The lowest BCUT2D eigenvalue weighted by Gasteiger charge is -2.10. The molecule has 8 heteroatoms. The molecule has 4 nitrogen and oxygen atoms in total. The molecular formula is C16H13BrF3NO3. The van der Waals surface area contributed by atoms with Crippen LogP contribution in [0.4, 0.5) is 13.2 Å². The normalized spacial score (nSPS) is 11.4. The average molecular weight is 404 g/mol. The first-order valence-electron chi connectivity index (χ1n) is 6.65. The summed E-state index contributed by atoms with van der Waals surface area (Å²) >= 11 is 0. The van der Waals surface area contributed by atoms with Crippen LogP contribution in [0.15, 0.2) is 36.7 Å². The van der Waals surface area contributed by atoms with Gasteiger partial charge in [-0.15, -0.1) is 0 Å². The highest BCUT2D eigenvalue weighted by Gasteiger charge is 2.32. The van der Waals surface area contributed by atoms with Gasteiger partial charge in [0.05, 0.1) is 25.2 Å². The summed E-state index contributed by atoms with van der Waals surface area (Å²) in [5.74, 6) is 0.676. The van der Waals surface area contributed by atoms with E-state index in [0.29, 0.717) is 27.8 Å². The molecule has 2 heterocycles. The van der Waals surface area contributed by atoms with Crippen molar-refractivity contribution in [1.29, 1.82) is 0 Å². The van der Waals surface area contributed by atoms with Crippen molar-refractivity contribution < 1.29 is 49.1 Å². The number of pyridine rings is 2. The SMILES string of the molecule is COc1cc2c(O)c[n+]3ccc(C(F)(F)F)cc3c2cc1OC.[Br-]. The van der Waals surface area contributed by atoms with Crippen molar-refractivity contribution in [2.24, 2.45) is 0 Å². The number of ether oxygens (including phenoxy) is 2. The quantitative estimate of drug-likeness (QED) is 0.495. The van der Waals surface area contributed by atoms with Gasteiger partial charge in [0.1, 0.15) is 0 Å². The predicted molar refractivity (Wildman–Crippen MR) is 76.9 cm³/mol. The standard InChI is InChI=1S/C16H12F3NO3.BrH/c1-22-14-6-10-11(7-15(14)23-2)13(21)8-20-4-3-9(5-12(10)20)16(17,18)19;/h3-8H,1-2H3;1H. The number of hydrogen-bond acceptors (Lipinski definition) is 3. The molecule has 2 aromatic heterocycles. The summed E-state index contributed by atoms with van der Waals surface area (Å²) in [6.45, 7) is 0. The molecule has 0 atom stereocenters. The number of aromatic nitrogens is 1. The molecule has 0 unspecified atom stereocenters. The van der Waals surface area contributed by atoms with Crippen LogP contribution in [0.25, 0.3) is 16.3 Å². The van der Waals surface area contributed by atoms with E-state index in [-0.39, 0.29) is 22.7 Å². The number of rotatable bonds is 2. The highest BCUT2D eigenvalue weighted by atomic mass is 79.9. The zero-order valence-corrected chi connectivity index (χ0v) is 14.3. The largest absolute Gasteiger partial charge is 1.00 e. The molecule has 1 aromatic carbocycles. The van der Waals surface area contributed by atoms with Crippen molar-refractivity contribution in [2.45, 2.75) is 6.18 Å². The summed E-state index contributed by atoms with van der Waals surface area (Å²) in [5.41, 5.74) is -0.465. The molecule has 1 N–H and O–H groups in total. The molecule has 0 saturated carbocycles. The van der Waals surface area contributed by atoms with Crippen LogP contribution in [0.5, 0.6) is 17.2 Å². The summed E-state index contributed by atoms with van der Waals surface area (Å²) in [6.07, 6.45) is -1.84. The zero-order chi connectivity index (χ0) is 16.8. The Hall–Kier alpha value is -2.22. The van der Waals surface area contributed by atoms with E-state index in [9.17, 15) is 18.3 Å². The fourth-order valence-corrected chi connectivity index (χ4v) is 2.52. The number of methoxy groups -OCH3 is 2. The molecular weight excluding hydrogens is 391 g/mol. The van der Waals surface area contributed by atoms with Crippen LogP contribution in [-0.2, 0) is 6.18 Å². The molecule has 3 rings (SSSR count). The van der Waals surface area contributed by atoms with E-state index in [4.69, 9.17) is 9.47 Å². The van der Waals surface area contributed by atoms with E-state index in [1.54, 1.807) is 6.07 Å². The van der Waals surface area contributed by atoms with Gasteiger partial charge in [0.2, 0.25) is 11.7 Å². The average Bonchev–Trinajstić information content (AvgIpc) is 2.52. The number of aromatic hydroxyl groups is 1. The maximum atomic E-state index is 13.0. The Balaban J connectivity index is 0.00000208. The number of nitrogens with zero attached hydrogens (tertiary/aromatic N) is 1. The molecule has 0 aliphatic heterocycles. The molecule has 0 amide bonds. The maximum absolute atomic E-state index is 13.0. The maximum Gasteiger partial charge on any atom is 0.416 e. The van der Waals surface area contributed by atoms with E-state index < -0.39 is 11.7 Å². The van der Waals surface area contributed by atoms with Crippen LogP contribution in [-0.4, -0.2) is 19.3 Å². The van der Waals surface area contributed by atoms with Crippen molar-refractivity contribution in [3.63, 3.8) is 0 Å². The third-order valence-electron chi connectivity index (χ3n) is 3.65. The van der Waals surface area contributed by atoms with Gasteiger partial charge in [-0.1, -0.05) is 0 Å². The highest BCUT2D eigenvalue weighted by Crippen LogP contribution is 2.37. The molecule has 128 valence electrons.